The van der Waals surface area contributed by atoms with E-state index in [9.17, 15) is 0 Å². The van der Waals surface area contributed by atoms with Gasteiger partial charge in [-0.1, -0.05) is 0 Å². The van der Waals surface area contributed by atoms with Crippen LogP contribution >= 0.6 is 42.1 Å². The highest BCUT2D eigenvalue weighted by atomic mass is 127. The number of rotatable bonds is 6. The van der Waals surface area contributed by atoms with Crippen molar-refractivity contribution in [3.63, 3.8) is 0 Å². The summed E-state index contributed by atoms with van der Waals surface area (Å²) in [6.07, 6.45) is 4.17. The summed E-state index contributed by atoms with van der Waals surface area (Å²) in [6.45, 7) is 12.1. The van der Waals surface area contributed by atoms with Gasteiger partial charge in [-0.2, -0.15) is 0 Å². The van der Waals surface area contributed by atoms with E-state index in [0.29, 0.717) is 0 Å². The molecule has 2 aromatic heterocycles. The highest BCUT2D eigenvalue weighted by molar-refractivity contribution is 14.2. The Kier molecular flexibility index (Phi) is 6.38. The zero-order valence-corrected chi connectivity index (χ0v) is 19.7. The molecule has 1 aliphatic rings. The normalized spacial score (nSPS) is 16.5. The molecule has 26 heavy (non-hydrogen) atoms. The van der Waals surface area contributed by atoms with Crippen LogP contribution in [0.3, 0.4) is 0 Å². The average Bonchev–Trinajstić information content (AvgIpc) is 2.98. The van der Waals surface area contributed by atoms with Gasteiger partial charge in [-0.3, -0.25) is 3.97 Å². The number of morpholine rings is 1. The van der Waals surface area contributed by atoms with Crippen molar-refractivity contribution in [3.8, 4) is 0 Å². The molecular weight excluding hydrogens is 481 g/mol. The number of anilines is 1. The van der Waals surface area contributed by atoms with E-state index in [1.54, 1.807) is 16.2 Å². The second kappa shape index (κ2) is 8.06. The van der Waals surface area contributed by atoms with Crippen LogP contribution in [-0.2, 0) is 9.47 Å². The summed E-state index contributed by atoms with van der Waals surface area (Å²) in [5.74, 6) is 0. The quantitative estimate of drug-likeness (QED) is 0.404. The Hall–Kier alpha value is -0.160. The maximum atomic E-state index is 5.77. The molecule has 144 valence electrons. The number of aromatic nitrogens is 2. The molecule has 1 saturated heterocycles. The lowest BCUT2D eigenvalue weighted by molar-refractivity contribution is -0.00190. The van der Waals surface area contributed by atoms with Crippen LogP contribution in [0.15, 0.2) is 23.4 Å². The highest BCUT2D eigenvalue weighted by Crippen LogP contribution is 2.45. The topological polar surface area (TPSA) is 39.5 Å². The molecule has 0 unspecified atom stereocenters. The Morgan fingerprint density at radius 2 is 1.92 bits per heavy atom. The molecule has 0 aliphatic carbocycles. The average molecular weight is 507 g/mol. The monoisotopic (exact) mass is 507 g/mol. The second-order valence-electron chi connectivity index (χ2n) is 7.38. The van der Waals surface area contributed by atoms with Crippen LogP contribution in [0.4, 0.5) is 5.69 Å². The molecule has 0 radical (unpaired) electrons. The molecule has 3 rings (SSSR count). The van der Waals surface area contributed by atoms with Crippen molar-refractivity contribution in [2.24, 2.45) is 0 Å². The van der Waals surface area contributed by atoms with Crippen molar-refractivity contribution in [1.29, 1.82) is 0 Å². The molecule has 3 heterocycles. The van der Waals surface area contributed by atoms with Crippen LogP contribution in [0, 0.1) is 0 Å². The van der Waals surface area contributed by atoms with Gasteiger partial charge in [-0.15, -0.1) is 11.8 Å². The van der Waals surface area contributed by atoms with E-state index in [2.05, 4.69) is 70.0 Å². The van der Waals surface area contributed by atoms with Crippen LogP contribution in [0.25, 0.3) is 11.0 Å². The molecule has 0 atom stereocenters. The summed E-state index contributed by atoms with van der Waals surface area (Å²) in [7, 11) is 3.43. The van der Waals surface area contributed by atoms with Gasteiger partial charge >= 0.3 is 0 Å². The molecule has 0 amide bonds. The van der Waals surface area contributed by atoms with Gasteiger partial charge in [-0.25, -0.2) is 4.98 Å². The van der Waals surface area contributed by atoms with E-state index >= 15 is 0 Å². The van der Waals surface area contributed by atoms with E-state index < -0.39 is 0 Å². The number of hydrogen-bond acceptors (Lipinski definition) is 6. The number of fused-ring (bicyclic) bond motifs is 1. The predicted molar refractivity (Wildman–Crippen MR) is 121 cm³/mol. The van der Waals surface area contributed by atoms with Crippen LogP contribution in [0.5, 0.6) is 0 Å². The Labute approximate surface area is 176 Å². The first-order valence-electron chi connectivity index (χ1n) is 8.66. The second-order valence-corrected chi connectivity index (χ2v) is 10.8. The molecule has 0 saturated carbocycles. The number of pyridine rings is 1. The molecule has 0 aromatic carbocycles. The summed E-state index contributed by atoms with van der Waals surface area (Å²) in [5, 5.41) is 1.20. The fraction of sp³-hybridized carbons (Fsp3) is 0.611. The van der Waals surface area contributed by atoms with Crippen LogP contribution in [-0.4, -0.2) is 52.7 Å². The molecule has 2 aromatic rings. The molecule has 1 aliphatic heterocycles. The van der Waals surface area contributed by atoms with Crippen LogP contribution in [0.1, 0.15) is 27.7 Å². The number of thioether (sulfide) groups is 1. The van der Waals surface area contributed by atoms with Crippen molar-refractivity contribution in [1.82, 2.24) is 8.96 Å². The van der Waals surface area contributed by atoms with Gasteiger partial charge in [0.05, 0.1) is 30.7 Å². The molecule has 1 fully saturated rings. The Morgan fingerprint density at radius 3 is 2.54 bits per heavy atom. The summed E-state index contributed by atoms with van der Waals surface area (Å²) < 4.78 is 13.3. The van der Waals surface area contributed by atoms with E-state index in [4.69, 9.17) is 14.5 Å². The van der Waals surface area contributed by atoms with Crippen LogP contribution in [0.2, 0.25) is 0 Å². The van der Waals surface area contributed by atoms with Gasteiger partial charge in [0, 0.05) is 71.7 Å². The largest absolute Gasteiger partial charge is 0.378 e. The summed E-state index contributed by atoms with van der Waals surface area (Å²) >= 11 is 4.16. The zero-order chi connectivity index (χ0) is 18.9. The molecule has 0 N–H and O–H groups in total. The van der Waals surface area contributed by atoms with Gasteiger partial charge in [0.2, 0.25) is 0 Å². The molecular formula is C18H26IN3O2S2. The summed E-state index contributed by atoms with van der Waals surface area (Å²) in [6, 6.07) is 2.27. The number of methoxy groups -OCH3 is 1. The fourth-order valence-electron chi connectivity index (χ4n) is 2.81. The van der Waals surface area contributed by atoms with Crippen molar-refractivity contribution in [2.75, 3.05) is 38.3 Å². The third-order valence-electron chi connectivity index (χ3n) is 5.34. The van der Waals surface area contributed by atoms with Crippen molar-refractivity contribution >= 4 is 58.8 Å². The first-order valence-corrected chi connectivity index (χ1v) is 12.8. The molecule has 8 heteroatoms. The summed E-state index contributed by atoms with van der Waals surface area (Å²) in [4.78, 5) is 8.36. The van der Waals surface area contributed by atoms with E-state index in [1.807, 2.05) is 18.0 Å². The minimum absolute atomic E-state index is 0.0915. The van der Waals surface area contributed by atoms with Crippen molar-refractivity contribution < 1.29 is 9.47 Å². The van der Waals surface area contributed by atoms with Gasteiger partial charge in [0.25, 0.3) is 0 Å². The number of hydrogen-bond donors (Lipinski definition) is 0. The zero-order valence-electron chi connectivity index (χ0n) is 15.9. The van der Waals surface area contributed by atoms with Crippen LogP contribution < -0.4 is 4.90 Å². The third kappa shape index (κ3) is 3.99. The Bertz CT molecular complexity index is 773. The van der Waals surface area contributed by atoms with Crippen molar-refractivity contribution in [2.45, 2.75) is 42.9 Å². The van der Waals surface area contributed by atoms with Gasteiger partial charge in [0.1, 0.15) is 0 Å². The predicted octanol–water partition coefficient (Wildman–Crippen LogP) is 5.01. The first kappa shape index (κ1) is 20.6. The molecule has 0 spiro atoms. The van der Waals surface area contributed by atoms with Gasteiger partial charge in [-0.05, 0) is 33.8 Å². The minimum Gasteiger partial charge on any atom is -0.378 e. The lowest BCUT2D eigenvalue weighted by atomic mass is 9.93. The lowest BCUT2D eigenvalue weighted by Crippen LogP contribution is -2.43. The maximum absolute atomic E-state index is 5.77. The van der Waals surface area contributed by atoms with Crippen molar-refractivity contribution in [3.05, 3.63) is 18.5 Å². The third-order valence-corrected chi connectivity index (χ3v) is 8.58. The van der Waals surface area contributed by atoms with E-state index in [1.165, 1.54) is 16.0 Å². The van der Waals surface area contributed by atoms with Gasteiger partial charge in [0.15, 0.2) is 5.65 Å². The fourth-order valence-corrected chi connectivity index (χ4v) is 5.43. The van der Waals surface area contributed by atoms with E-state index in [-0.39, 0.29) is 10.3 Å². The molecule has 5 nitrogen and oxygen atoms in total. The number of ether oxygens (including phenoxy) is 2. The Balaban J connectivity index is 2.01. The molecule has 0 bridgehead atoms. The first-order chi connectivity index (χ1) is 12.3. The lowest BCUT2D eigenvalue weighted by Gasteiger charge is -2.39. The van der Waals surface area contributed by atoms with E-state index in [0.717, 1.165) is 32.0 Å². The highest BCUT2D eigenvalue weighted by Gasteiger charge is 2.39. The SMILES string of the molecule is COC(C)(C)C(C)(C)Sc1cn(SI)c2ncc(N3CCOCC3)cc12. The smallest absolute Gasteiger partial charge is 0.151 e. The maximum Gasteiger partial charge on any atom is 0.151 e. The number of nitrogens with zero attached hydrogens (tertiary/aromatic N) is 3. The standard InChI is InChI=1S/C18H26IN3O2S2/c1-17(2,23-5)18(3,4)25-15-12-22(26-19)16-14(15)10-13(11-20-16)21-6-8-24-9-7-21/h10-12H,6-9H2,1-5H3. The number of halogens is 1. The summed E-state index contributed by atoms with van der Waals surface area (Å²) in [5.41, 5.74) is 1.93. The van der Waals surface area contributed by atoms with Gasteiger partial charge < -0.3 is 14.4 Å². The minimum atomic E-state index is -0.251. The Morgan fingerprint density at radius 1 is 1.23 bits per heavy atom.